The van der Waals surface area contributed by atoms with Crippen molar-refractivity contribution in [3.63, 3.8) is 0 Å². The van der Waals surface area contributed by atoms with Gasteiger partial charge in [-0.15, -0.1) is 0 Å². The number of nitrogens with one attached hydrogen (secondary N) is 1. The molecule has 1 aromatic carbocycles. The Labute approximate surface area is 113 Å². The second kappa shape index (κ2) is 5.21. The SMILES string of the molecule is CC(C)(C)NC(=O)COc1ccc2c(c1)CC[C@H]2O. The van der Waals surface area contributed by atoms with Crippen LogP contribution in [-0.4, -0.2) is 23.2 Å². The first-order valence-corrected chi connectivity index (χ1v) is 6.60. The summed E-state index contributed by atoms with van der Waals surface area (Å²) in [5.41, 5.74) is 1.84. The number of carbonyl (C=O) groups is 1. The highest BCUT2D eigenvalue weighted by atomic mass is 16.5. The third-order valence-electron chi connectivity index (χ3n) is 3.04. The number of aryl methyl sites for hydroxylation is 1. The van der Waals surface area contributed by atoms with Crippen LogP contribution in [0.2, 0.25) is 0 Å². The monoisotopic (exact) mass is 263 g/mol. The summed E-state index contributed by atoms with van der Waals surface area (Å²) in [7, 11) is 0. The maximum Gasteiger partial charge on any atom is 0.258 e. The van der Waals surface area contributed by atoms with E-state index in [1.165, 1.54) is 0 Å². The van der Waals surface area contributed by atoms with Crippen LogP contribution in [0.1, 0.15) is 44.4 Å². The van der Waals surface area contributed by atoms with Gasteiger partial charge in [-0.05, 0) is 56.9 Å². The van der Waals surface area contributed by atoms with Crippen molar-refractivity contribution in [2.75, 3.05) is 6.61 Å². The van der Waals surface area contributed by atoms with Crippen molar-refractivity contribution >= 4 is 5.91 Å². The highest BCUT2D eigenvalue weighted by Crippen LogP contribution is 2.33. The van der Waals surface area contributed by atoms with Gasteiger partial charge in [0.15, 0.2) is 6.61 Å². The fourth-order valence-corrected chi connectivity index (χ4v) is 2.26. The summed E-state index contributed by atoms with van der Waals surface area (Å²) < 4.78 is 5.48. The number of rotatable bonds is 3. The summed E-state index contributed by atoms with van der Waals surface area (Å²) in [4.78, 5) is 11.6. The first-order chi connectivity index (χ1) is 8.85. The molecule has 0 bridgehead atoms. The summed E-state index contributed by atoms with van der Waals surface area (Å²) in [6, 6.07) is 5.59. The standard InChI is InChI=1S/C15H21NO3/c1-15(2,3)16-14(18)9-19-11-5-6-12-10(8-11)4-7-13(12)17/h5-6,8,13,17H,4,7,9H2,1-3H3,(H,16,18)/t13-/m1/s1. The zero-order valence-electron chi connectivity index (χ0n) is 11.7. The number of ether oxygens (including phenoxy) is 1. The lowest BCUT2D eigenvalue weighted by Gasteiger charge is -2.20. The Morgan fingerprint density at radius 3 is 2.89 bits per heavy atom. The minimum Gasteiger partial charge on any atom is -0.484 e. The molecule has 0 unspecified atom stereocenters. The number of benzene rings is 1. The minimum absolute atomic E-state index is 0.0125. The zero-order valence-corrected chi connectivity index (χ0v) is 11.7. The largest absolute Gasteiger partial charge is 0.484 e. The van der Waals surface area contributed by atoms with E-state index in [0.717, 1.165) is 24.0 Å². The van der Waals surface area contributed by atoms with Crippen molar-refractivity contribution in [2.45, 2.75) is 45.3 Å². The van der Waals surface area contributed by atoms with Gasteiger partial charge < -0.3 is 15.2 Å². The molecular formula is C15H21NO3. The van der Waals surface area contributed by atoms with Gasteiger partial charge in [0.2, 0.25) is 0 Å². The molecule has 1 atom stereocenters. The molecule has 2 N–H and O–H groups in total. The van der Waals surface area contributed by atoms with Crippen LogP contribution < -0.4 is 10.1 Å². The molecular weight excluding hydrogens is 242 g/mol. The van der Waals surface area contributed by atoms with E-state index < -0.39 is 0 Å². The molecule has 1 aromatic rings. The molecule has 19 heavy (non-hydrogen) atoms. The van der Waals surface area contributed by atoms with Crippen LogP contribution in [0.5, 0.6) is 5.75 Å². The van der Waals surface area contributed by atoms with Gasteiger partial charge in [0.25, 0.3) is 5.91 Å². The molecule has 0 saturated carbocycles. The van der Waals surface area contributed by atoms with Crippen molar-refractivity contribution in [3.05, 3.63) is 29.3 Å². The molecule has 0 fully saturated rings. The molecule has 1 aliphatic rings. The van der Waals surface area contributed by atoms with Gasteiger partial charge in [-0.25, -0.2) is 0 Å². The number of carbonyl (C=O) groups excluding carboxylic acids is 1. The summed E-state index contributed by atoms with van der Waals surface area (Å²) in [5, 5.41) is 12.6. The Kier molecular flexibility index (Phi) is 3.80. The first kappa shape index (κ1) is 13.9. The first-order valence-electron chi connectivity index (χ1n) is 6.60. The average Bonchev–Trinajstić information content (AvgIpc) is 2.66. The highest BCUT2D eigenvalue weighted by Gasteiger charge is 2.20. The highest BCUT2D eigenvalue weighted by molar-refractivity contribution is 5.78. The molecule has 0 radical (unpaired) electrons. The molecule has 4 heteroatoms. The number of amides is 1. The lowest BCUT2D eigenvalue weighted by atomic mass is 10.1. The van der Waals surface area contributed by atoms with Crippen molar-refractivity contribution in [1.82, 2.24) is 5.32 Å². The molecule has 0 heterocycles. The number of hydrogen-bond acceptors (Lipinski definition) is 3. The Balaban J connectivity index is 1.92. The third kappa shape index (κ3) is 3.70. The fraction of sp³-hybridized carbons (Fsp3) is 0.533. The lowest BCUT2D eigenvalue weighted by molar-refractivity contribution is -0.124. The van der Waals surface area contributed by atoms with Gasteiger partial charge in [-0.3, -0.25) is 4.79 Å². The summed E-state index contributed by atoms with van der Waals surface area (Å²) in [6.07, 6.45) is 1.28. The van der Waals surface area contributed by atoms with Crippen molar-refractivity contribution in [1.29, 1.82) is 0 Å². The van der Waals surface area contributed by atoms with Crippen LogP contribution in [0.15, 0.2) is 18.2 Å². The van der Waals surface area contributed by atoms with Gasteiger partial charge in [0.05, 0.1) is 6.10 Å². The van der Waals surface area contributed by atoms with Crippen molar-refractivity contribution < 1.29 is 14.6 Å². The van der Waals surface area contributed by atoms with Gasteiger partial charge in [-0.2, -0.15) is 0 Å². The normalized spacial score (nSPS) is 18.0. The summed E-state index contributed by atoms with van der Waals surface area (Å²) >= 11 is 0. The maximum absolute atomic E-state index is 11.6. The maximum atomic E-state index is 11.6. The van der Waals surface area contributed by atoms with Crippen LogP contribution >= 0.6 is 0 Å². The predicted molar refractivity (Wildman–Crippen MR) is 73.1 cm³/mol. The number of hydrogen-bond donors (Lipinski definition) is 2. The average molecular weight is 263 g/mol. The van der Waals surface area contributed by atoms with E-state index in [9.17, 15) is 9.90 Å². The van der Waals surface area contributed by atoms with Crippen LogP contribution in [-0.2, 0) is 11.2 Å². The lowest BCUT2D eigenvalue weighted by Crippen LogP contribution is -2.43. The van der Waals surface area contributed by atoms with Gasteiger partial charge >= 0.3 is 0 Å². The van der Waals surface area contributed by atoms with Gasteiger partial charge in [0.1, 0.15) is 5.75 Å². The molecule has 0 saturated heterocycles. The van der Waals surface area contributed by atoms with Crippen molar-refractivity contribution in [3.8, 4) is 5.75 Å². The second-order valence-electron chi connectivity index (χ2n) is 6.00. The molecule has 0 aromatic heterocycles. The van der Waals surface area contributed by atoms with E-state index >= 15 is 0 Å². The third-order valence-corrected chi connectivity index (χ3v) is 3.04. The number of fused-ring (bicyclic) bond motifs is 1. The van der Waals surface area contributed by atoms with Crippen LogP contribution in [0.3, 0.4) is 0 Å². The Bertz CT molecular complexity index is 477. The van der Waals surface area contributed by atoms with E-state index in [1.54, 1.807) is 6.07 Å². The molecule has 1 amide bonds. The molecule has 104 valence electrons. The van der Waals surface area contributed by atoms with Crippen LogP contribution in [0, 0.1) is 0 Å². The molecule has 2 rings (SSSR count). The molecule has 0 spiro atoms. The molecule has 1 aliphatic carbocycles. The second-order valence-corrected chi connectivity index (χ2v) is 6.00. The Morgan fingerprint density at radius 1 is 1.47 bits per heavy atom. The zero-order chi connectivity index (χ0) is 14.0. The van der Waals surface area contributed by atoms with Gasteiger partial charge in [-0.1, -0.05) is 6.07 Å². The molecule has 0 aliphatic heterocycles. The van der Waals surface area contributed by atoms with Crippen LogP contribution in [0.25, 0.3) is 0 Å². The number of aliphatic hydroxyl groups excluding tert-OH is 1. The Hall–Kier alpha value is -1.55. The van der Waals surface area contributed by atoms with E-state index in [0.29, 0.717) is 5.75 Å². The van der Waals surface area contributed by atoms with E-state index in [-0.39, 0.29) is 24.2 Å². The topological polar surface area (TPSA) is 58.6 Å². The van der Waals surface area contributed by atoms with E-state index in [2.05, 4.69) is 5.32 Å². The van der Waals surface area contributed by atoms with Crippen molar-refractivity contribution in [2.24, 2.45) is 0 Å². The minimum atomic E-state index is -0.353. The summed E-state index contributed by atoms with van der Waals surface area (Å²) in [6.45, 7) is 5.81. The van der Waals surface area contributed by atoms with Crippen LogP contribution in [0.4, 0.5) is 0 Å². The van der Waals surface area contributed by atoms with E-state index in [1.807, 2.05) is 32.9 Å². The summed E-state index contributed by atoms with van der Waals surface area (Å²) in [5.74, 6) is 0.546. The number of aliphatic hydroxyl groups is 1. The predicted octanol–water partition coefficient (Wildman–Crippen LogP) is 1.96. The fourth-order valence-electron chi connectivity index (χ4n) is 2.26. The van der Waals surface area contributed by atoms with E-state index in [4.69, 9.17) is 4.74 Å². The Morgan fingerprint density at radius 2 is 2.21 bits per heavy atom. The smallest absolute Gasteiger partial charge is 0.258 e. The van der Waals surface area contributed by atoms with Gasteiger partial charge in [0, 0.05) is 5.54 Å². The molecule has 4 nitrogen and oxygen atoms in total. The quantitative estimate of drug-likeness (QED) is 0.876.